The molecule has 3 rings (SSSR count). The van der Waals surface area contributed by atoms with Crippen molar-refractivity contribution in [1.82, 2.24) is 19.9 Å². The van der Waals surface area contributed by atoms with Gasteiger partial charge < -0.3 is 5.32 Å². The van der Waals surface area contributed by atoms with Gasteiger partial charge in [-0.1, -0.05) is 35.0 Å². The highest BCUT2D eigenvalue weighted by atomic mass is 79.9. The second kappa shape index (κ2) is 7.58. The molecule has 0 bridgehead atoms. The number of fused-ring (bicyclic) bond motifs is 1. The van der Waals surface area contributed by atoms with Gasteiger partial charge in [-0.15, -0.1) is 0 Å². The first-order chi connectivity index (χ1) is 12.4. The van der Waals surface area contributed by atoms with Crippen LogP contribution in [-0.2, 0) is 6.42 Å². The molecule has 1 atom stereocenters. The molecule has 1 aromatic carbocycles. The average Bonchev–Trinajstić information content (AvgIpc) is 3.02. The van der Waals surface area contributed by atoms with Crippen molar-refractivity contribution in [2.75, 3.05) is 0 Å². The van der Waals surface area contributed by atoms with E-state index in [0.717, 1.165) is 34.3 Å². The number of carbonyl (C=O) groups excluding carboxylic acids is 1. The Labute approximate surface area is 162 Å². The number of aryl methyl sites for hydroxylation is 2. The van der Waals surface area contributed by atoms with Crippen LogP contribution in [0.3, 0.4) is 0 Å². The molecule has 2 aromatic heterocycles. The molecule has 0 fully saturated rings. The minimum absolute atomic E-state index is 0.121. The van der Waals surface area contributed by atoms with Gasteiger partial charge in [-0.05, 0) is 50.5 Å². The van der Waals surface area contributed by atoms with Gasteiger partial charge in [-0.3, -0.25) is 4.79 Å². The van der Waals surface area contributed by atoms with Gasteiger partial charge in [-0.2, -0.15) is 5.10 Å². The summed E-state index contributed by atoms with van der Waals surface area (Å²) in [6, 6.07) is 8.37. The van der Waals surface area contributed by atoms with Crippen LogP contribution in [0.5, 0.6) is 0 Å². The molecule has 26 heavy (non-hydrogen) atoms. The summed E-state index contributed by atoms with van der Waals surface area (Å²) in [4.78, 5) is 17.2. The Morgan fingerprint density at radius 3 is 2.81 bits per heavy atom. The zero-order chi connectivity index (χ0) is 18.8. The summed E-state index contributed by atoms with van der Waals surface area (Å²) < 4.78 is 2.83. The van der Waals surface area contributed by atoms with Gasteiger partial charge in [0.05, 0.1) is 6.20 Å². The Hall–Kier alpha value is -2.21. The van der Waals surface area contributed by atoms with E-state index in [1.165, 1.54) is 5.56 Å². The third kappa shape index (κ3) is 3.65. The summed E-state index contributed by atoms with van der Waals surface area (Å²) in [5.41, 5.74) is 5.40. The largest absolute Gasteiger partial charge is 0.349 e. The Morgan fingerprint density at radius 2 is 2.12 bits per heavy atom. The maximum absolute atomic E-state index is 12.5. The van der Waals surface area contributed by atoms with Crippen molar-refractivity contribution in [2.45, 2.75) is 46.6 Å². The molecule has 0 saturated heterocycles. The zero-order valence-corrected chi connectivity index (χ0v) is 17.1. The summed E-state index contributed by atoms with van der Waals surface area (Å²) in [5.74, 6) is -0.125. The molecule has 1 amide bonds. The lowest BCUT2D eigenvalue weighted by Gasteiger charge is -2.13. The Balaban J connectivity index is 2.00. The van der Waals surface area contributed by atoms with E-state index in [4.69, 9.17) is 4.98 Å². The summed E-state index contributed by atoms with van der Waals surface area (Å²) in [7, 11) is 0. The quantitative estimate of drug-likeness (QED) is 0.679. The molecule has 0 aliphatic heterocycles. The first-order valence-corrected chi connectivity index (χ1v) is 9.59. The van der Waals surface area contributed by atoms with E-state index in [0.29, 0.717) is 11.2 Å². The SMILES string of the molecule is CC[C@@H](C)NC(=O)c1cnn2c(C)c(Cc3cccc(Br)c3)c(C)nc12. The van der Waals surface area contributed by atoms with Crippen LogP contribution in [-0.4, -0.2) is 26.5 Å². The average molecular weight is 415 g/mol. The predicted molar refractivity (Wildman–Crippen MR) is 107 cm³/mol. The molecule has 0 aliphatic rings. The van der Waals surface area contributed by atoms with Crippen molar-refractivity contribution < 1.29 is 4.79 Å². The number of nitrogens with zero attached hydrogens (tertiary/aromatic N) is 3. The van der Waals surface area contributed by atoms with Crippen LogP contribution >= 0.6 is 15.9 Å². The Bertz CT molecular complexity index is 964. The van der Waals surface area contributed by atoms with E-state index in [-0.39, 0.29) is 11.9 Å². The maximum Gasteiger partial charge on any atom is 0.256 e. The molecule has 2 heterocycles. The highest BCUT2D eigenvalue weighted by Crippen LogP contribution is 2.22. The fraction of sp³-hybridized carbons (Fsp3) is 0.350. The fourth-order valence-corrected chi connectivity index (χ4v) is 3.43. The zero-order valence-electron chi connectivity index (χ0n) is 15.5. The van der Waals surface area contributed by atoms with Gasteiger partial charge in [0.15, 0.2) is 5.65 Å². The molecular formula is C20H23BrN4O. The van der Waals surface area contributed by atoms with E-state index in [1.54, 1.807) is 10.7 Å². The highest BCUT2D eigenvalue weighted by molar-refractivity contribution is 9.10. The summed E-state index contributed by atoms with van der Waals surface area (Å²) in [6.07, 6.45) is 3.26. The second-order valence-electron chi connectivity index (χ2n) is 6.64. The Kier molecular flexibility index (Phi) is 5.41. The number of nitrogens with one attached hydrogen (secondary N) is 1. The number of aromatic nitrogens is 3. The van der Waals surface area contributed by atoms with Crippen LogP contribution in [0.25, 0.3) is 5.65 Å². The molecule has 3 aromatic rings. The van der Waals surface area contributed by atoms with E-state index in [1.807, 2.05) is 39.8 Å². The Morgan fingerprint density at radius 1 is 1.35 bits per heavy atom. The van der Waals surface area contributed by atoms with Crippen molar-refractivity contribution in [3.63, 3.8) is 0 Å². The molecule has 136 valence electrons. The molecule has 5 nitrogen and oxygen atoms in total. The minimum atomic E-state index is -0.125. The first kappa shape index (κ1) is 18.6. The molecule has 0 spiro atoms. The van der Waals surface area contributed by atoms with Crippen LogP contribution in [0.15, 0.2) is 34.9 Å². The van der Waals surface area contributed by atoms with Crippen LogP contribution in [0.1, 0.15) is 53.1 Å². The standard InChI is InChI=1S/C20H23BrN4O/c1-5-12(2)23-20(26)18-11-22-25-14(4)17(13(3)24-19(18)25)10-15-7-6-8-16(21)9-15/h6-9,11-12H,5,10H2,1-4H3,(H,23,26)/t12-/m1/s1. The summed E-state index contributed by atoms with van der Waals surface area (Å²) in [5, 5.41) is 7.40. The normalized spacial score (nSPS) is 12.3. The smallest absolute Gasteiger partial charge is 0.256 e. The number of amides is 1. The molecule has 0 unspecified atom stereocenters. The molecule has 0 radical (unpaired) electrons. The highest BCUT2D eigenvalue weighted by Gasteiger charge is 2.19. The van der Waals surface area contributed by atoms with Gasteiger partial charge >= 0.3 is 0 Å². The third-order valence-electron chi connectivity index (χ3n) is 4.71. The molecular weight excluding hydrogens is 392 g/mol. The number of hydrogen-bond donors (Lipinski definition) is 1. The van der Waals surface area contributed by atoms with E-state index < -0.39 is 0 Å². The van der Waals surface area contributed by atoms with Gasteiger partial charge in [0.25, 0.3) is 5.91 Å². The molecule has 1 N–H and O–H groups in total. The van der Waals surface area contributed by atoms with Crippen LogP contribution < -0.4 is 5.32 Å². The van der Waals surface area contributed by atoms with Crippen molar-refractivity contribution in [1.29, 1.82) is 0 Å². The van der Waals surface area contributed by atoms with E-state index in [9.17, 15) is 4.79 Å². The first-order valence-electron chi connectivity index (χ1n) is 8.79. The maximum atomic E-state index is 12.5. The van der Waals surface area contributed by atoms with Crippen molar-refractivity contribution in [3.05, 3.63) is 63.0 Å². The summed E-state index contributed by atoms with van der Waals surface area (Å²) >= 11 is 3.52. The molecule has 0 aliphatic carbocycles. The lowest BCUT2D eigenvalue weighted by molar-refractivity contribution is 0.0940. The number of hydrogen-bond acceptors (Lipinski definition) is 3. The van der Waals surface area contributed by atoms with Crippen molar-refractivity contribution in [2.24, 2.45) is 0 Å². The van der Waals surface area contributed by atoms with Gasteiger partial charge in [0, 0.05) is 28.3 Å². The van der Waals surface area contributed by atoms with Gasteiger partial charge in [-0.25, -0.2) is 9.50 Å². The fourth-order valence-electron chi connectivity index (χ4n) is 2.98. The summed E-state index contributed by atoms with van der Waals surface area (Å²) in [6.45, 7) is 8.05. The van der Waals surface area contributed by atoms with Crippen LogP contribution in [0.2, 0.25) is 0 Å². The van der Waals surface area contributed by atoms with Crippen molar-refractivity contribution >= 4 is 27.5 Å². The predicted octanol–water partition coefficient (Wildman–Crippen LogP) is 4.23. The number of rotatable bonds is 5. The van der Waals surface area contributed by atoms with E-state index >= 15 is 0 Å². The van der Waals surface area contributed by atoms with Crippen molar-refractivity contribution in [3.8, 4) is 0 Å². The van der Waals surface area contributed by atoms with Gasteiger partial charge in [0.2, 0.25) is 0 Å². The number of halogens is 1. The third-order valence-corrected chi connectivity index (χ3v) is 5.21. The molecule has 0 saturated carbocycles. The van der Waals surface area contributed by atoms with Crippen LogP contribution in [0, 0.1) is 13.8 Å². The van der Waals surface area contributed by atoms with E-state index in [2.05, 4.69) is 38.5 Å². The minimum Gasteiger partial charge on any atom is -0.349 e. The lowest BCUT2D eigenvalue weighted by Crippen LogP contribution is -2.31. The van der Waals surface area contributed by atoms with Gasteiger partial charge in [0.1, 0.15) is 5.56 Å². The lowest BCUT2D eigenvalue weighted by atomic mass is 10.0. The number of benzene rings is 1. The second-order valence-corrected chi connectivity index (χ2v) is 7.56. The molecule has 6 heteroatoms. The van der Waals surface area contributed by atoms with Crippen LogP contribution in [0.4, 0.5) is 0 Å². The monoisotopic (exact) mass is 414 g/mol. The topological polar surface area (TPSA) is 59.3 Å². The number of carbonyl (C=O) groups is 1.